The smallest absolute Gasteiger partial charge is 0.262 e. The lowest BCUT2D eigenvalue weighted by atomic mass is 10.3. The summed E-state index contributed by atoms with van der Waals surface area (Å²) in [5, 5.41) is 1.22. The van der Waals surface area contributed by atoms with Gasteiger partial charge in [0.15, 0.2) is 0 Å². The van der Waals surface area contributed by atoms with Crippen LogP contribution in [0, 0.1) is 10.2 Å². The summed E-state index contributed by atoms with van der Waals surface area (Å²) in [6, 6.07) is 6.20. The summed E-state index contributed by atoms with van der Waals surface area (Å²) in [4.78, 5) is 0. The van der Waals surface area contributed by atoms with Gasteiger partial charge in [-0.15, -0.1) is 10.2 Å². The fourth-order valence-electron chi connectivity index (χ4n) is 1.99. The molecule has 0 N–H and O–H groups in total. The van der Waals surface area contributed by atoms with Crippen LogP contribution >= 0.6 is 11.3 Å². The molecular formula is C16H20ClNO6S. The third-order valence-corrected chi connectivity index (χ3v) is 4.08. The van der Waals surface area contributed by atoms with Crippen LogP contribution in [0.4, 0.5) is 0 Å². The number of benzene rings is 1. The van der Waals surface area contributed by atoms with Gasteiger partial charge in [0.2, 0.25) is 5.52 Å². The molecule has 0 saturated carbocycles. The van der Waals surface area contributed by atoms with E-state index < -0.39 is 10.2 Å². The monoisotopic (exact) mass is 389 g/mol. The number of hydrogen-bond acceptors (Lipinski definition) is 7. The number of allylic oxidation sites excluding steroid dienone is 2. The molecule has 1 heterocycles. The summed E-state index contributed by atoms with van der Waals surface area (Å²) in [5.74, 6) is 0.893. The van der Waals surface area contributed by atoms with Crippen LogP contribution in [-0.2, 0) is 11.3 Å². The van der Waals surface area contributed by atoms with Gasteiger partial charge in [-0.1, -0.05) is 17.4 Å². The SMILES string of the molecule is CCO/C=C/C=C/c1sc2ccc(OC)cc2[n+]1CC.[O-][Cl+3]([O-])([O-])[O-]. The normalized spacial score (nSPS) is 11.8. The highest BCUT2D eigenvalue weighted by molar-refractivity contribution is 7.18. The van der Waals surface area contributed by atoms with Crippen molar-refractivity contribution in [1.82, 2.24) is 0 Å². The second-order valence-electron chi connectivity index (χ2n) is 4.54. The Morgan fingerprint density at radius 1 is 1.16 bits per heavy atom. The molecule has 9 heteroatoms. The van der Waals surface area contributed by atoms with Gasteiger partial charge >= 0.3 is 0 Å². The van der Waals surface area contributed by atoms with Crippen LogP contribution in [0.2, 0.25) is 0 Å². The molecule has 1 aromatic carbocycles. The summed E-state index contributed by atoms with van der Waals surface area (Å²) < 4.78 is 48.0. The number of nitrogens with zero attached hydrogens (tertiary/aromatic N) is 1. The maximum Gasteiger partial charge on any atom is 0.262 e. The predicted molar refractivity (Wildman–Crippen MR) is 84.0 cm³/mol. The minimum atomic E-state index is -4.94. The van der Waals surface area contributed by atoms with Gasteiger partial charge in [0.25, 0.3) is 5.01 Å². The highest BCUT2D eigenvalue weighted by atomic mass is 35.7. The van der Waals surface area contributed by atoms with E-state index in [0.717, 1.165) is 12.3 Å². The number of rotatable bonds is 6. The van der Waals surface area contributed by atoms with Crippen LogP contribution in [0.1, 0.15) is 18.9 Å². The van der Waals surface area contributed by atoms with Gasteiger partial charge in [-0.3, -0.25) is 0 Å². The highest BCUT2D eigenvalue weighted by Gasteiger charge is 2.17. The average molecular weight is 390 g/mol. The third-order valence-electron chi connectivity index (χ3n) is 2.95. The number of methoxy groups -OCH3 is 1. The first-order valence-corrected chi connectivity index (χ1v) is 9.42. The fourth-order valence-corrected chi connectivity index (χ4v) is 3.11. The summed E-state index contributed by atoms with van der Waals surface area (Å²) in [7, 11) is -3.25. The van der Waals surface area contributed by atoms with E-state index in [1.807, 2.05) is 25.1 Å². The Morgan fingerprint density at radius 3 is 2.40 bits per heavy atom. The van der Waals surface area contributed by atoms with E-state index in [0.29, 0.717) is 6.61 Å². The van der Waals surface area contributed by atoms with Crippen LogP contribution in [0.25, 0.3) is 16.3 Å². The first kappa shape index (κ1) is 21.4. The largest absolute Gasteiger partial charge is 0.501 e. The van der Waals surface area contributed by atoms with E-state index in [4.69, 9.17) is 28.1 Å². The van der Waals surface area contributed by atoms with Gasteiger partial charge in [0, 0.05) is 6.08 Å². The van der Waals surface area contributed by atoms with Crippen molar-refractivity contribution in [3.8, 4) is 5.75 Å². The molecule has 25 heavy (non-hydrogen) atoms. The minimum absolute atomic E-state index is 0.696. The molecule has 0 bridgehead atoms. The van der Waals surface area contributed by atoms with Crippen LogP contribution in [0.5, 0.6) is 5.75 Å². The quantitative estimate of drug-likeness (QED) is 0.356. The molecule has 138 valence electrons. The fraction of sp³-hybridized carbons (Fsp3) is 0.312. The molecule has 0 radical (unpaired) electrons. The first-order chi connectivity index (χ1) is 11.8. The lowest BCUT2D eigenvalue weighted by Gasteiger charge is -2.17. The molecule has 7 nitrogen and oxygen atoms in total. The molecule has 0 saturated heterocycles. The maximum absolute atomic E-state index is 8.49. The van der Waals surface area contributed by atoms with E-state index in [9.17, 15) is 0 Å². The lowest BCUT2D eigenvalue weighted by molar-refractivity contribution is -2.00. The molecule has 0 atom stereocenters. The Morgan fingerprint density at radius 2 is 1.84 bits per heavy atom. The summed E-state index contributed by atoms with van der Waals surface area (Å²) in [6.45, 7) is 5.75. The minimum Gasteiger partial charge on any atom is -0.501 e. The summed E-state index contributed by atoms with van der Waals surface area (Å²) >= 11 is 1.78. The molecule has 0 aliphatic carbocycles. The Kier molecular flexibility index (Phi) is 8.84. The zero-order valence-corrected chi connectivity index (χ0v) is 15.7. The molecule has 0 unspecified atom stereocenters. The summed E-state index contributed by atoms with van der Waals surface area (Å²) in [6.07, 6.45) is 7.73. The highest BCUT2D eigenvalue weighted by Crippen LogP contribution is 2.25. The average Bonchev–Trinajstić information content (AvgIpc) is 2.89. The van der Waals surface area contributed by atoms with Crippen molar-refractivity contribution in [3.05, 3.63) is 41.6 Å². The van der Waals surface area contributed by atoms with Gasteiger partial charge in [-0.05, 0) is 32.1 Å². The van der Waals surface area contributed by atoms with Crippen LogP contribution < -0.4 is 27.9 Å². The van der Waals surface area contributed by atoms with Crippen molar-refractivity contribution < 1.29 is 42.9 Å². The molecule has 2 aromatic rings. The second kappa shape index (κ2) is 10.3. The maximum atomic E-state index is 8.49. The number of aromatic nitrogens is 1. The third kappa shape index (κ3) is 7.82. The van der Waals surface area contributed by atoms with Crippen molar-refractivity contribution in [1.29, 1.82) is 0 Å². The molecule has 0 aliphatic rings. The number of ether oxygens (including phenoxy) is 2. The summed E-state index contributed by atoms with van der Waals surface area (Å²) in [5.41, 5.74) is 1.21. The number of thiazole rings is 1. The van der Waals surface area contributed by atoms with E-state index in [2.05, 4.69) is 29.7 Å². The Balaban J connectivity index is 0.000000550. The molecular weight excluding hydrogens is 370 g/mol. The number of aryl methyl sites for hydroxylation is 1. The van der Waals surface area contributed by atoms with Crippen LogP contribution in [0.15, 0.2) is 36.6 Å². The predicted octanol–water partition coefficient (Wildman–Crippen LogP) is -0.975. The Bertz CT molecular complexity index is 717. The lowest BCUT2D eigenvalue weighted by Crippen LogP contribution is -2.68. The van der Waals surface area contributed by atoms with E-state index >= 15 is 0 Å². The topological polar surface area (TPSA) is 115 Å². The van der Waals surface area contributed by atoms with Crippen molar-refractivity contribution in [3.63, 3.8) is 0 Å². The van der Waals surface area contributed by atoms with E-state index in [-0.39, 0.29) is 0 Å². The molecule has 2 rings (SSSR count). The van der Waals surface area contributed by atoms with Crippen molar-refractivity contribution in [2.24, 2.45) is 0 Å². The van der Waals surface area contributed by atoms with Crippen LogP contribution in [0.3, 0.4) is 0 Å². The van der Waals surface area contributed by atoms with Gasteiger partial charge in [0.05, 0.1) is 26.0 Å². The van der Waals surface area contributed by atoms with E-state index in [1.54, 1.807) is 24.7 Å². The standard InChI is InChI=1S/C16H20NO2S.ClHO4/c1-4-17-14-12-13(18-3)9-10-15(14)20-16(17)8-6-7-11-19-5-2;2-1(3,4)5/h6-12H,4-5H2,1-3H3;(H,2,3,4,5)/q+1;/p-1/b8-6+,11-7+;. The van der Waals surface area contributed by atoms with Gasteiger partial charge in [0.1, 0.15) is 17.0 Å². The molecule has 0 amide bonds. The van der Waals surface area contributed by atoms with Crippen molar-refractivity contribution in [2.45, 2.75) is 20.4 Å². The van der Waals surface area contributed by atoms with Gasteiger partial charge in [-0.2, -0.15) is 4.57 Å². The number of fused-ring (bicyclic) bond motifs is 1. The van der Waals surface area contributed by atoms with Gasteiger partial charge < -0.3 is 9.47 Å². The van der Waals surface area contributed by atoms with Crippen molar-refractivity contribution in [2.75, 3.05) is 13.7 Å². The van der Waals surface area contributed by atoms with Gasteiger partial charge in [-0.25, -0.2) is 18.6 Å². The Hall–Kier alpha value is -1.68. The zero-order valence-electron chi connectivity index (χ0n) is 14.1. The molecule has 1 aromatic heterocycles. The van der Waals surface area contributed by atoms with E-state index in [1.165, 1.54) is 15.2 Å². The number of hydrogen-bond donors (Lipinski definition) is 0. The number of halogens is 1. The molecule has 0 aliphatic heterocycles. The Labute approximate surface area is 152 Å². The second-order valence-corrected chi connectivity index (χ2v) is 6.36. The zero-order chi connectivity index (χ0) is 18.9. The molecule has 0 spiro atoms. The van der Waals surface area contributed by atoms with Crippen molar-refractivity contribution >= 4 is 27.6 Å². The first-order valence-electron chi connectivity index (χ1n) is 7.37. The molecule has 0 fully saturated rings. The van der Waals surface area contributed by atoms with Crippen LogP contribution in [-0.4, -0.2) is 13.7 Å².